The molecule has 0 fully saturated rings. The number of carbonyl (C=O) groups is 1. The molecule has 23 heavy (non-hydrogen) atoms. The molecule has 0 atom stereocenters. The highest BCUT2D eigenvalue weighted by atomic mass is 32.1. The van der Waals surface area contributed by atoms with Gasteiger partial charge in [0, 0.05) is 17.6 Å². The van der Waals surface area contributed by atoms with Crippen LogP contribution in [-0.2, 0) is 6.18 Å². The zero-order chi connectivity index (χ0) is 16.9. The predicted octanol–water partition coefficient (Wildman–Crippen LogP) is 5.61. The SMILES string of the molecule is CCCCN(C(=O)Nc1cccc(C(F)(F)F)c1)c1ccsc1. The van der Waals surface area contributed by atoms with Gasteiger partial charge in [0.2, 0.25) is 0 Å². The molecule has 1 aromatic heterocycles. The molecule has 2 amide bonds. The lowest BCUT2D eigenvalue weighted by atomic mass is 10.2. The summed E-state index contributed by atoms with van der Waals surface area (Å²) in [6.45, 7) is 2.52. The lowest BCUT2D eigenvalue weighted by Gasteiger charge is -2.22. The maximum atomic E-state index is 12.7. The first-order valence-electron chi connectivity index (χ1n) is 7.20. The summed E-state index contributed by atoms with van der Waals surface area (Å²) in [5, 5.41) is 6.23. The number of nitrogens with zero attached hydrogens (tertiary/aromatic N) is 1. The summed E-state index contributed by atoms with van der Waals surface area (Å²) >= 11 is 1.46. The van der Waals surface area contributed by atoms with Crippen molar-refractivity contribution in [2.45, 2.75) is 25.9 Å². The minimum atomic E-state index is -4.43. The summed E-state index contributed by atoms with van der Waals surface area (Å²) < 4.78 is 38.2. The summed E-state index contributed by atoms with van der Waals surface area (Å²) in [5.74, 6) is 0. The van der Waals surface area contributed by atoms with Gasteiger partial charge in [-0.2, -0.15) is 24.5 Å². The van der Waals surface area contributed by atoms with Crippen molar-refractivity contribution in [2.75, 3.05) is 16.8 Å². The molecule has 0 saturated heterocycles. The minimum absolute atomic E-state index is 0.126. The number of benzene rings is 1. The second-order valence-corrected chi connectivity index (χ2v) is 5.78. The number of amides is 2. The lowest BCUT2D eigenvalue weighted by Crippen LogP contribution is -2.35. The molecule has 0 aliphatic carbocycles. The molecule has 1 heterocycles. The molecule has 0 aliphatic heterocycles. The number of unbranched alkanes of at least 4 members (excludes halogenated alkanes) is 1. The van der Waals surface area contributed by atoms with Crippen molar-refractivity contribution in [2.24, 2.45) is 0 Å². The molecule has 124 valence electrons. The zero-order valence-electron chi connectivity index (χ0n) is 12.6. The third-order valence-electron chi connectivity index (χ3n) is 3.24. The van der Waals surface area contributed by atoms with Gasteiger partial charge in [0.25, 0.3) is 0 Å². The number of anilines is 2. The average molecular weight is 342 g/mol. The first kappa shape index (κ1) is 17.3. The fourth-order valence-electron chi connectivity index (χ4n) is 2.04. The lowest BCUT2D eigenvalue weighted by molar-refractivity contribution is -0.137. The summed E-state index contributed by atoms with van der Waals surface area (Å²) in [6, 6.07) is 6.01. The highest BCUT2D eigenvalue weighted by Gasteiger charge is 2.30. The van der Waals surface area contributed by atoms with Gasteiger partial charge < -0.3 is 5.32 Å². The van der Waals surface area contributed by atoms with Crippen LogP contribution in [0.4, 0.5) is 29.3 Å². The fourth-order valence-corrected chi connectivity index (χ4v) is 2.68. The minimum Gasteiger partial charge on any atom is -0.308 e. The standard InChI is InChI=1S/C16H17F3N2OS/c1-2-3-8-21(14-7-9-23-11-14)15(22)20-13-6-4-5-12(10-13)16(17,18)19/h4-7,9-11H,2-3,8H2,1H3,(H,20,22). The van der Waals surface area contributed by atoms with Crippen molar-refractivity contribution in [1.29, 1.82) is 0 Å². The first-order valence-corrected chi connectivity index (χ1v) is 8.14. The van der Waals surface area contributed by atoms with E-state index in [0.29, 0.717) is 6.54 Å². The third kappa shape index (κ3) is 4.72. The zero-order valence-corrected chi connectivity index (χ0v) is 13.4. The van der Waals surface area contributed by atoms with Crippen LogP contribution < -0.4 is 10.2 Å². The molecule has 2 rings (SSSR count). The van der Waals surface area contributed by atoms with Crippen LogP contribution in [0.1, 0.15) is 25.3 Å². The van der Waals surface area contributed by atoms with Crippen molar-refractivity contribution in [3.63, 3.8) is 0 Å². The number of thiophene rings is 1. The Bertz CT molecular complexity index is 641. The molecule has 0 spiro atoms. The molecule has 0 unspecified atom stereocenters. The largest absolute Gasteiger partial charge is 0.416 e. The normalized spacial score (nSPS) is 11.3. The highest BCUT2D eigenvalue weighted by Crippen LogP contribution is 2.31. The van der Waals surface area contributed by atoms with E-state index in [4.69, 9.17) is 0 Å². The van der Waals surface area contributed by atoms with E-state index in [9.17, 15) is 18.0 Å². The summed E-state index contributed by atoms with van der Waals surface area (Å²) in [6.07, 6.45) is -2.71. The van der Waals surface area contributed by atoms with Gasteiger partial charge in [0.15, 0.2) is 0 Å². The Morgan fingerprint density at radius 1 is 1.30 bits per heavy atom. The molecule has 0 bridgehead atoms. The number of hydrogen-bond donors (Lipinski definition) is 1. The Balaban J connectivity index is 2.15. The Hall–Kier alpha value is -2.02. The molecule has 0 saturated carbocycles. The average Bonchev–Trinajstić information content (AvgIpc) is 3.01. The van der Waals surface area contributed by atoms with Crippen molar-refractivity contribution in [3.8, 4) is 0 Å². The van der Waals surface area contributed by atoms with Crippen LogP contribution in [0.15, 0.2) is 41.1 Å². The Labute approximate surface area is 136 Å². The van der Waals surface area contributed by atoms with Gasteiger partial charge in [-0.15, -0.1) is 0 Å². The van der Waals surface area contributed by atoms with Crippen LogP contribution in [0.25, 0.3) is 0 Å². The van der Waals surface area contributed by atoms with Crippen LogP contribution >= 0.6 is 11.3 Å². The molecular formula is C16H17F3N2OS. The van der Waals surface area contributed by atoms with E-state index in [2.05, 4.69) is 5.32 Å². The van der Waals surface area contributed by atoms with Gasteiger partial charge in [-0.1, -0.05) is 19.4 Å². The monoisotopic (exact) mass is 342 g/mol. The van der Waals surface area contributed by atoms with E-state index in [1.54, 1.807) is 4.90 Å². The van der Waals surface area contributed by atoms with E-state index < -0.39 is 17.8 Å². The summed E-state index contributed by atoms with van der Waals surface area (Å²) in [4.78, 5) is 14.0. The Kier molecular flexibility index (Phi) is 5.65. The van der Waals surface area contributed by atoms with Gasteiger partial charge in [0.05, 0.1) is 11.3 Å². The first-order chi connectivity index (χ1) is 10.9. The molecule has 0 aliphatic rings. The van der Waals surface area contributed by atoms with Crippen LogP contribution in [0, 0.1) is 0 Å². The van der Waals surface area contributed by atoms with Gasteiger partial charge in [-0.3, -0.25) is 4.90 Å². The van der Waals surface area contributed by atoms with Crippen LogP contribution in [-0.4, -0.2) is 12.6 Å². The molecule has 0 radical (unpaired) electrons. The molecular weight excluding hydrogens is 325 g/mol. The third-order valence-corrected chi connectivity index (χ3v) is 3.91. The topological polar surface area (TPSA) is 32.3 Å². The second-order valence-electron chi connectivity index (χ2n) is 5.00. The van der Waals surface area contributed by atoms with E-state index in [-0.39, 0.29) is 5.69 Å². The quantitative estimate of drug-likeness (QED) is 0.753. The van der Waals surface area contributed by atoms with Gasteiger partial charge in [-0.05, 0) is 36.1 Å². The molecule has 2 aromatic rings. The van der Waals surface area contributed by atoms with Crippen molar-refractivity contribution in [1.82, 2.24) is 0 Å². The van der Waals surface area contributed by atoms with E-state index in [1.807, 2.05) is 23.8 Å². The number of rotatable bonds is 5. The van der Waals surface area contributed by atoms with Crippen molar-refractivity contribution < 1.29 is 18.0 Å². The number of alkyl halides is 3. The maximum absolute atomic E-state index is 12.7. The maximum Gasteiger partial charge on any atom is 0.416 e. The smallest absolute Gasteiger partial charge is 0.308 e. The van der Waals surface area contributed by atoms with Gasteiger partial charge >= 0.3 is 12.2 Å². The van der Waals surface area contributed by atoms with Crippen LogP contribution in [0.5, 0.6) is 0 Å². The number of halogens is 3. The van der Waals surface area contributed by atoms with Crippen LogP contribution in [0.2, 0.25) is 0 Å². The number of nitrogens with one attached hydrogen (secondary N) is 1. The molecule has 3 nitrogen and oxygen atoms in total. The summed E-state index contributed by atoms with van der Waals surface area (Å²) in [5.41, 5.74) is 0.0837. The number of hydrogen-bond acceptors (Lipinski definition) is 2. The fraction of sp³-hybridized carbons (Fsp3) is 0.312. The van der Waals surface area contributed by atoms with E-state index in [1.165, 1.54) is 23.5 Å². The van der Waals surface area contributed by atoms with Gasteiger partial charge in [-0.25, -0.2) is 4.79 Å². The van der Waals surface area contributed by atoms with Crippen LogP contribution in [0.3, 0.4) is 0 Å². The predicted molar refractivity (Wildman–Crippen MR) is 87.0 cm³/mol. The second kappa shape index (κ2) is 7.50. The van der Waals surface area contributed by atoms with Gasteiger partial charge in [0.1, 0.15) is 0 Å². The van der Waals surface area contributed by atoms with E-state index >= 15 is 0 Å². The summed E-state index contributed by atoms with van der Waals surface area (Å²) in [7, 11) is 0. The highest BCUT2D eigenvalue weighted by molar-refractivity contribution is 7.08. The Morgan fingerprint density at radius 3 is 2.70 bits per heavy atom. The molecule has 7 heteroatoms. The van der Waals surface area contributed by atoms with Crippen molar-refractivity contribution in [3.05, 3.63) is 46.7 Å². The van der Waals surface area contributed by atoms with Crippen molar-refractivity contribution >= 4 is 28.7 Å². The molecule has 1 aromatic carbocycles. The molecule has 1 N–H and O–H groups in total. The van der Waals surface area contributed by atoms with E-state index in [0.717, 1.165) is 30.7 Å². The number of urea groups is 1. The number of carbonyl (C=O) groups excluding carboxylic acids is 1. The Morgan fingerprint density at radius 2 is 2.09 bits per heavy atom.